The average molecular weight is 363 g/mol. The first kappa shape index (κ1) is 19.2. The predicted octanol–water partition coefficient (Wildman–Crippen LogP) is -0.839. The number of ether oxygens (including phenoxy) is 1. The topological polar surface area (TPSA) is 143 Å². The van der Waals surface area contributed by atoms with E-state index in [1.165, 1.54) is 0 Å². The van der Waals surface area contributed by atoms with Gasteiger partial charge in [0.2, 0.25) is 5.91 Å². The van der Waals surface area contributed by atoms with E-state index in [1.54, 1.807) is 36.1 Å². The van der Waals surface area contributed by atoms with E-state index in [1.807, 2.05) is 0 Å². The van der Waals surface area contributed by atoms with Crippen LogP contribution in [-0.4, -0.2) is 56.1 Å². The second-order valence-electron chi connectivity index (χ2n) is 5.47. The van der Waals surface area contributed by atoms with E-state index < -0.39 is 23.9 Å². The number of carbonyl (C=O) groups is 4. The molecule has 1 aliphatic heterocycles. The summed E-state index contributed by atoms with van der Waals surface area (Å²) >= 11 is 0. The van der Waals surface area contributed by atoms with Crippen LogP contribution < -0.4 is 26.6 Å². The van der Waals surface area contributed by atoms with Gasteiger partial charge in [-0.1, -0.05) is 0 Å². The molecule has 0 radical (unpaired) electrons. The molecule has 1 atom stereocenters. The summed E-state index contributed by atoms with van der Waals surface area (Å²) < 4.78 is 5.08. The van der Waals surface area contributed by atoms with E-state index in [0.29, 0.717) is 31.1 Å². The lowest BCUT2D eigenvalue weighted by molar-refractivity contribution is -0.128. The molecule has 1 aromatic rings. The Morgan fingerprint density at radius 1 is 1.27 bits per heavy atom. The fourth-order valence-electron chi connectivity index (χ4n) is 2.34. The van der Waals surface area contributed by atoms with Crippen molar-refractivity contribution in [1.29, 1.82) is 0 Å². The van der Waals surface area contributed by atoms with Gasteiger partial charge >= 0.3 is 6.03 Å². The van der Waals surface area contributed by atoms with Crippen LogP contribution >= 0.6 is 0 Å². The largest absolute Gasteiger partial charge is 0.370 e. The number of nitrogens with two attached hydrogens (primary N) is 1. The van der Waals surface area contributed by atoms with Crippen molar-refractivity contribution in [2.45, 2.75) is 13.0 Å². The zero-order chi connectivity index (χ0) is 19.1. The molecule has 1 aromatic carbocycles. The lowest BCUT2D eigenvalue weighted by Gasteiger charge is -2.27. The van der Waals surface area contributed by atoms with Crippen LogP contribution in [0.15, 0.2) is 24.3 Å². The highest BCUT2D eigenvalue weighted by Gasteiger charge is 2.26. The minimum atomic E-state index is -1.51. The van der Waals surface area contributed by atoms with Crippen LogP contribution in [0, 0.1) is 0 Å². The van der Waals surface area contributed by atoms with E-state index in [2.05, 4.69) is 16.0 Å². The van der Waals surface area contributed by atoms with Gasteiger partial charge in [-0.3, -0.25) is 14.4 Å². The number of anilines is 2. The first-order valence-corrected chi connectivity index (χ1v) is 8.05. The number of rotatable bonds is 6. The number of nitrogens with one attached hydrogen (secondary N) is 3. The zero-order valence-electron chi connectivity index (χ0n) is 14.3. The van der Waals surface area contributed by atoms with Crippen molar-refractivity contribution in [3.05, 3.63) is 24.3 Å². The number of primary amides is 1. The number of amides is 5. The van der Waals surface area contributed by atoms with E-state index >= 15 is 0 Å². The van der Waals surface area contributed by atoms with Gasteiger partial charge in [-0.05, 0) is 31.2 Å². The van der Waals surface area contributed by atoms with Crippen molar-refractivity contribution in [3.8, 4) is 0 Å². The lowest BCUT2D eigenvalue weighted by Crippen LogP contribution is -2.54. The molecule has 5 N–H and O–H groups in total. The van der Waals surface area contributed by atoms with E-state index in [-0.39, 0.29) is 12.5 Å². The molecule has 0 saturated carbocycles. The Balaban J connectivity index is 2.02. The summed E-state index contributed by atoms with van der Waals surface area (Å²) in [5.74, 6) is -1.89. The molecule has 26 heavy (non-hydrogen) atoms. The summed E-state index contributed by atoms with van der Waals surface area (Å²) in [4.78, 5) is 48.5. The van der Waals surface area contributed by atoms with Gasteiger partial charge in [0.05, 0.1) is 6.61 Å². The molecule has 10 nitrogen and oxygen atoms in total. The molecule has 0 aromatic heterocycles. The summed E-state index contributed by atoms with van der Waals surface area (Å²) in [7, 11) is 0. The standard InChI is InChI=1S/C16H21N5O5/c1-2-18-16(25)20-13(14(17)23)15(24)19-10-3-5-11(6-4-10)21-7-8-26-9-12(21)22/h3-6,13H,2,7-9H2,1H3,(H2,17,23)(H,19,24)(H2,18,20,25)/t13-/m1/s1. The molecule has 1 heterocycles. The van der Waals surface area contributed by atoms with Crippen molar-refractivity contribution in [1.82, 2.24) is 10.6 Å². The Morgan fingerprint density at radius 2 is 1.96 bits per heavy atom. The summed E-state index contributed by atoms with van der Waals surface area (Å²) in [5.41, 5.74) is 6.24. The predicted molar refractivity (Wildman–Crippen MR) is 93.4 cm³/mol. The molecule has 1 saturated heterocycles. The molecule has 5 amide bonds. The zero-order valence-corrected chi connectivity index (χ0v) is 14.3. The highest BCUT2D eigenvalue weighted by molar-refractivity contribution is 6.11. The van der Waals surface area contributed by atoms with Crippen LogP contribution in [0.25, 0.3) is 0 Å². The van der Waals surface area contributed by atoms with Gasteiger partial charge < -0.3 is 31.3 Å². The van der Waals surface area contributed by atoms with Gasteiger partial charge in [-0.15, -0.1) is 0 Å². The van der Waals surface area contributed by atoms with Crippen molar-refractivity contribution in [2.75, 3.05) is 36.5 Å². The number of nitrogens with zero attached hydrogens (tertiary/aromatic N) is 1. The van der Waals surface area contributed by atoms with Crippen molar-refractivity contribution >= 4 is 35.1 Å². The number of carbonyl (C=O) groups excluding carboxylic acids is 4. The fraction of sp³-hybridized carbons (Fsp3) is 0.375. The molecular weight excluding hydrogens is 342 g/mol. The molecule has 10 heteroatoms. The van der Waals surface area contributed by atoms with Crippen LogP contribution in [-0.2, 0) is 19.1 Å². The summed E-state index contributed by atoms with van der Waals surface area (Å²) in [6.45, 7) is 2.96. The Morgan fingerprint density at radius 3 is 2.54 bits per heavy atom. The fourth-order valence-corrected chi connectivity index (χ4v) is 2.34. The normalized spacial score (nSPS) is 15.1. The smallest absolute Gasteiger partial charge is 0.315 e. The van der Waals surface area contributed by atoms with Crippen molar-refractivity contribution in [3.63, 3.8) is 0 Å². The highest BCUT2D eigenvalue weighted by atomic mass is 16.5. The van der Waals surface area contributed by atoms with Gasteiger partial charge in [-0.25, -0.2) is 4.79 Å². The molecule has 0 spiro atoms. The second-order valence-corrected chi connectivity index (χ2v) is 5.47. The van der Waals surface area contributed by atoms with Gasteiger partial charge in [0, 0.05) is 24.5 Å². The first-order chi connectivity index (χ1) is 12.4. The molecular formula is C16H21N5O5. The number of hydrogen-bond acceptors (Lipinski definition) is 5. The number of urea groups is 1. The minimum Gasteiger partial charge on any atom is -0.370 e. The van der Waals surface area contributed by atoms with Gasteiger partial charge in [-0.2, -0.15) is 0 Å². The number of morpholine rings is 1. The van der Waals surface area contributed by atoms with Crippen LogP contribution in [0.1, 0.15) is 6.92 Å². The summed E-state index contributed by atoms with van der Waals surface area (Å²) in [6.07, 6.45) is 0. The van der Waals surface area contributed by atoms with Crippen LogP contribution in [0.3, 0.4) is 0 Å². The maximum Gasteiger partial charge on any atom is 0.315 e. The van der Waals surface area contributed by atoms with Crippen LogP contribution in [0.2, 0.25) is 0 Å². The Hall–Kier alpha value is -3.14. The lowest BCUT2D eigenvalue weighted by atomic mass is 10.2. The van der Waals surface area contributed by atoms with Crippen molar-refractivity contribution < 1.29 is 23.9 Å². The second kappa shape index (κ2) is 8.81. The summed E-state index contributed by atoms with van der Waals surface area (Å²) in [5, 5.41) is 7.12. The Kier molecular flexibility index (Phi) is 6.50. The van der Waals surface area contributed by atoms with Gasteiger partial charge in [0.1, 0.15) is 6.61 Å². The van der Waals surface area contributed by atoms with E-state index in [4.69, 9.17) is 10.5 Å². The SMILES string of the molecule is CCNC(=O)N[C@H](C(N)=O)C(=O)Nc1ccc(N2CCOCC2=O)cc1. The molecule has 1 fully saturated rings. The Labute approximate surface area is 150 Å². The molecule has 0 unspecified atom stereocenters. The molecule has 2 rings (SSSR count). The average Bonchev–Trinajstić information content (AvgIpc) is 2.61. The van der Waals surface area contributed by atoms with E-state index in [0.717, 1.165) is 0 Å². The third-order valence-electron chi connectivity index (χ3n) is 3.59. The molecule has 0 bridgehead atoms. The maximum absolute atomic E-state index is 12.2. The maximum atomic E-state index is 12.2. The number of benzene rings is 1. The van der Waals surface area contributed by atoms with Crippen molar-refractivity contribution in [2.24, 2.45) is 5.73 Å². The minimum absolute atomic E-state index is 0.0320. The molecule has 140 valence electrons. The molecule has 0 aliphatic carbocycles. The van der Waals surface area contributed by atoms with Gasteiger partial charge in [0.25, 0.3) is 11.8 Å². The Bertz CT molecular complexity index is 691. The third kappa shape index (κ3) is 4.93. The quantitative estimate of drug-likeness (QED) is 0.488. The van der Waals surface area contributed by atoms with Crippen LogP contribution in [0.4, 0.5) is 16.2 Å². The van der Waals surface area contributed by atoms with Crippen LogP contribution in [0.5, 0.6) is 0 Å². The van der Waals surface area contributed by atoms with Gasteiger partial charge in [0.15, 0.2) is 6.04 Å². The highest BCUT2D eigenvalue weighted by Crippen LogP contribution is 2.19. The third-order valence-corrected chi connectivity index (χ3v) is 3.59. The summed E-state index contributed by atoms with van der Waals surface area (Å²) in [6, 6.07) is 4.31. The monoisotopic (exact) mass is 363 g/mol. The molecule has 1 aliphatic rings. The first-order valence-electron chi connectivity index (χ1n) is 8.05. The van der Waals surface area contributed by atoms with E-state index in [9.17, 15) is 19.2 Å². The number of hydrogen-bond donors (Lipinski definition) is 4.